The highest BCUT2D eigenvalue weighted by Gasteiger charge is 2.16. The number of benzene rings is 2. The first-order chi connectivity index (χ1) is 14.0. The summed E-state index contributed by atoms with van der Waals surface area (Å²) < 4.78 is 25.1. The van der Waals surface area contributed by atoms with Gasteiger partial charge in [0.05, 0.1) is 12.3 Å². The molecule has 3 aromatic rings. The molecule has 0 saturated carbocycles. The molecule has 1 aromatic heterocycles. The Hall–Kier alpha value is -3.68. The lowest BCUT2D eigenvalue weighted by Gasteiger charge is -2.15. The van der Waals surface area contributed by atoms with Gasteiger partial charge in [0.2, 0.25) is 5.88 Å². The largest absolute Gasteiger partial charge is 0.494 e. The molecule has 0 bridgehead atoms. The van der Waals surface area contributed by atoms with E-state index >= 15 is 0 Å². The second-order valence-corrected chi connectivity index (χ2v) is 6.10. The number of hydrogen-bond acceptors (Lipinski definition) is 5. The predicted octanol–water partition coefficient (Wildman–Crippen LogP) is 3.18. The minimum Gasteiger partial charge on any atom is -0.494 e. The number of halogens is 1. The van der Waals surface area contributed by atoms with Gasteiger partial charge >= 0.3 is 0 Å². The molecule has 2 aromatic carbocycles. The molecule has 0 fully saturated rings. The molecule has 3 rings (SSSR count). The maximum atomic E-state index is 13.1. The number of rotatable bonds is 7. The lowest BCUT2D eigenvalue weighted by atomic mass is 10.3. The molecule has 150 valence electrons. The summed E-state index contributed by atoms with van der Waals surface area (Å²) in [6.45, 7) is 4.02. The number of hydrogen-bond donors (Lipinski definition) is 1. The maximum Gasteiger partial charge on any atom is 0.271 e. The molecule has 0 aliphatic rings. The molecular weight excluding hydrogens is 377 g/mol. The van der Waals surface area contributed by atoms with Crippen LogP contribution in [0.5, 0.6) is 11.6 Å². The van der Waals surface area contributed by atoms with Crippen LogP contribution >= 0.6 is 0 Å². The lowest BCUT2D eigenvalue weighted by molar-refractivity contribution is -0.122. The molecule has 0 spiro atoms. The van der Waals surface area contributed by atoms with Crippen LogP contribution in [0, 0.1) is 5.82 Å². The van der Waals surface area contributed by atoms with Gasteiger partial charge in [-0.2, -0.15) is 4.68 Å². The zero-order valence-electron chi connectivity index (χ0n) is 16.0. The Morgan fingerprint density at radius 1 is 1.10 bits per heavy atom. The maximum absolute atomic E-state index is 13.1. The van der Waals surface area contributed by atoms with E-state index in [4.69, 9.17) is 9.47 Å². The minimum atomic E-state index is -0.867. The number of nitrogens with one attached hydrogen (secondary N) is 1. The van der Waals surface area contributed by atoms with E-state index in [1.54, 1.807) is 31.2 Å². The summed E-state index contributed by atoms with van der Waals surface area (Å²) in [4.78, 5) is 24.4. The van der Waals surface area contributed by atoms with E-state index in [0.29, 0.717) is 23.7 Å². The number of ether oxygens (including phenoxy) is 2. The van der Waals surface area contributed by atoms with E-state index < -0.39 is 17.5 Å². The van der Waals surface area contributed by atoms with E-state index in [9.17, 15) is 14.0 Å². The Kier molecular flexibility index (Phi) is 6.23. The SMILES string of the molecule is CCOc1ccc(NC(=O)[C@@H](C)Oc2ccc(=O)n(-c3ccc(F)cc3)n2)cc1. The normalized spacial score (nSPS) is 11.6. The first-order valence-electron chi connectivity index (χ1n) is 9.03. The molecular formula is C21H20FN3O4. The third kappa shape index (κ3) is 5.19. The van der Waals surface area contributed by atoms with Crippen LogP contribution in [0.4, 0.5) is 10.1 Å². The molecule has 0 aliphatic heterocycles. The highest BCUT2D eigenvalue weighted by molar-refractivity contribution is 5.94. The number of nitrogens with zero attached hydrogens (tertiary/aromatic N) is 2. The Bertz CT molecular complexity index is 1030. The zero-order chi connectivity index (χ0) is 20.8. The van der Waals surface area contributed by atoms with Crippen molar-refractivity contribution >= 4 is 11.6 Å². The zero-order valence-corrected chi connectivity index (χ0v) is 16.0. The number of aromatic nitrogens is 2. The van der Waals surface area contributed by atoms with Crippen molar-refractivity contribution in [1.29, 1.82) is 0 Å². The van der Waals surface area contributed by atoms with Gasteiger partial charge in [0.1, 0.15) is 11.6 Å². The van der Waals surface area contributed by atoms with Crippen LogP contribution in [0.2, 0.25) is 0 Å². The molecule has 1 amide bonds. The van der Waals surface area contributed by atoms with E-state index in [0.717, 1.165) is 4.68 Å². The summed E-state index contributed by atoms with van der Waals surface area (Å²) in [5.41, 5.74) is 0.571. The second-order valence-electron chi connectivity index (χ2n) is 6.10. The average molecular weight is 397 g/mol. The molecule has 0 aliphatic carbocycles. The monoisotopic (exact) mass is 397 g/mol. The number of amides is 1. The second kappa shape index (κ2) is 9.01. The van der Waals surface area contributed by atoms with Gasteiger partial charge in [-0.25, -0.2) is 4.39 Å². The molecule has 0 saturated heterocycles. The molecule has 1 N–H and O–H groups in total. The van der Waals surface area contributed by atoms with Crippen LogP contribution in [0.15, 0.2) is 65.5 Å². The Morgan fingerprint density at radius 3 is 2.45 bits per heavy atom. The first kappa shape index (κ1) is 20.1. The van der Waals surface area contributed by atoms with E-state index in [1.165, 1.54) is 36.4 Å². The van der Waals surface area contributed by atoms with Crippen LogP contribution in [0.3, 0.4) is 0 Å². The van der Waals surface area contributed by atoms with Crippen LogP contribution in [-0.4, -0.2) is 28.4 Å². The summed E-state index contributed by atoms with van der Waals surface area (Å²) >= 11 is 0. The lowest BCUT2D eigenvalue weighted by Crippen LogP contribution is -2.31. The molecule has 0 unspecified atom stereocenters. The van der Waals surface area contributed by atoms with Crippen molar-refractivity contribution in [2.75, 3.05) is 11.9 Å². The van der Waals surface area contributed by atoms with Crippen LogP contribution in [0.25, 0.3) is 5.69 Å². The van der Waals surface area contributed by atoms with Crippen molar-refractivity contribution in [3.63, 3.8) is 0 Å². The van der Waals surface area contributed by atoms with E-state index in [-0.39, 0.29) is 11.8 Å². The smallest absolute Gasteiger partial charge is 0.271 e. The topological polar surface area (TPSA) is 82.5 Å². The molecule has 7 nitrogen and oxygen atoms in total. The quantitative estimate of drug-likeness (QED) is 0.662. The van der Waals surface area contributed by atoms with Gasteiger partial charge in [0.25, 0.3) is 11.5 Å². The van der Waals surface area contributed by atoms with Crippen molar-refractivity contribution in [1.82, 2.24) is 9.78 Å². The standard InChI is InChI=1S/C21H20FN3O4/c1-3-28-18-10-6-16(7-11-18)23-21(27)14(2)29-19-12-13-20(26)25(24-19)17-8-4-15(22)5-9-17/h4-14H,3H2,1-2H3,(H,23,27)/t14-/m1/s1. The molecule has 1 atom stereocenters. The summed E-state index contributed by atoms with van der Waals surface area (Å²) in [5.74, 6) is -0.00501. The van der Waals surface area contributed by atoms with E-state index in [1.807, 2.05) is 6.92 Å². The fourth-order valence-electron chi connectivity index (χ4n) is 2.50. The highest BCUT2D eigenvalue weighted by atomic mass is 19.1. The summed E-state index contributed by atoms with van der Waals surface area (Å²) in [6.07, 6.45) is -0.867. The van der Waals surface area contributed by atoms with Crippen LogP contribution in [0.1, 0.15) is 13.8 Å². The third-order valence-corrected chi connectivity index (χ3v) is 3.95. The third-order valence-electron chi connectivity index (χ3n) is 3.95. The van der Waals surface area contributed by atoms with Gasteiger partial charge in [-0.15, -0.1) is 5.10 Å². The Labute approximate surface area is 166 Å². The average Bonchev–Trinajstić information content (AvgIpc) is 2.72. The van der Waals surface area contributed by atoms with Crippen molar-refractivity contribution in [2.45, 2.75) is 20.0 Å². The molecule has 1 heterocycles. The molecule has 8 heteroatoms. The number of carbonyl (C=O) groups is 1. The molecule has 0 radical (unpaired) electrons. The van der Waals surface area contributed by atoms with E-state index in [2.05, 4.69) is 10.4 Å². The van der Waals surface area contributed by atoms with Gasteiger partial charge in [-0.1, -0.05) is 0 Å². The Balaban J connectivity index is 1.68. The number of carbonyl (C=O) groups excluding carboxylic acids is 1. The van der Waals surface area contributed by atoms with Gasteiger partial charge < -0.3 is 14.8 Å². The van der Waals surface area contributed by atoms with Crippen molar-refractivity contribution < 1.29 is 18.7 Å². The molecule has 29 heavy (non-hydrogen) atoms. The highest BCUT2D eigenvalue weighted by Crippen LogP contribution is 2.16. The summed E-state index contributed by atoms with van der Waals surface area (Å²) in [6, 6.07) is 14.9. The van der Waals surface area contributed by atoms with Crippen LogP contribution in [-0.2, 0) is 4.79 Å². The number of anilines is 1. The fourth-order valence-corrected chi connectivity index (χ4v) is 2.50. The van der Waals surface area contributed by atoms with Crippen molar-refractivity contribution in [3.05, 3.63) is 76.8 Å². The first-order valence-corrected chi connectivity index (χ1v) is 9.03. The van der Waals surface area contributed by atoms with Gasteiger partial charge in [0, 0.05) is 17.8 Å². The van der Waals surface area contributed by atoms with Gasteiger partial charge in [-0.3, -0.25) is 9.59 Å². The summed E-state index contributed by atoms with van der Waals surface area (Å²) in [7, 11) is 0. The van der Waals surface area contributed by atoms with Crippen LogP contribution < -0.4 is 20.3 Å². The van der Waals surface area contributed by atoms with Crippen molar-refractivity contribution in [3.8, 4) is 17.3 Å². The Morgan fingerprint density at radius 2 is 1.79 bits per heavy atom. The fraction of sp³-hybridized carbons (Fsp3) is 0.190. The predicted molar refractivity (Wildman–Crippen MR) is 106 cm³/mol. The summed E-state index contributed by atoms with van der Waals surface area (Å²) in [5, 5.41) is 6.83. The minimum absolute atomic E-state index is 0.0864. The van der Waals surface area contributed by atoms with Gasteiger partial charge in [-0.05, 0) is 62.4 Å². The van der Waals surface area contributed by atoms with Gasteiger partial charge in [0.15, 0.2) is 6.10 Å². The van der Waals surface area contributed by atoms with Crippen molar-refractivity contribution in [2.24, 2.45) is 0 Å².